The van der Waals surface area contributed by atoms with E-state index in [4.69, 9.17) is 14.2 Å². The van der Waals surface area contributed by atoms with Crippen LogP contribution < -0.4 is 14.2 Å². The minimum Gasteiger partial charge on any atom is -0.490 e. The van der Waals surface area contributed by atoms with Crippen LogP contribution in [0.1, 0.15) is 37.8 Å². The molecule has 0 heterocycles. The maximum atomic E-state index is 11.8. The van der Waals surface area contributed by atoms with Gasteiger partial charge in [-0.25, -0.2) is 0 Å². The van der Waals surface area contributed by atoms with E-state index in [9.17, 15) is 4.79 Å². The number of carbonyl (C=O) groups excluding carboxylic acids is 1. The lowest BCUT2D eigenvalue weighted by Gasteiger charge is -2.13. The highest BCUT2D eigenvalue weighted by atomic mass is 16.5. The molecule has 0 atom stereocenters. The van der Waals surface area contributed by atoms with Crippen molar-refractivity contribution in [2.24, 2.45) is 5.92 Å². The van der Waals surface area contributed by atoms with Crippen molar-refractivity contribution < 1.29 is 19.0 Å². The molecule has 2 aromatic carbocycles. The van der Waals surface area contributed by atoms with Gasteiger partial charge in [0.25, 0.3) is 0 Å². The van der Waals surface area contributed by atoms with Crippen molar-refractivity contribution in [3.63, 3.8) is 0 Å². The molecule has 27 heavy (non-hydrogen) atoms. The number of carbonyl (C=O) groups is 1. The Labute approximate surface area is 160 Å². The van der Waals surface area contributed by atoms with Crippen LogP contribution in [-0.2, 0) is 11.4 Å². The lowest BCUT2D eigenvalue weighted by atomic mass is 10.1. The highest BCUT2D eigenvalue weighted by Gasteiger charge is 2.27. The summed E-state index contributed by atoms with van der Waals surface area (Å²) in [5, 5.41) is 0. The summed E-state index contributed by atoms with van der Waals surface area (Å²) in [6.07, 6.45) is 5.59. The van der Waals surface area contributed by atoms with Crippen LogP contribution >= 0.6 is 0 Å². The van der Waals surface area contributed by atoms with Crippen molar-refractivity contribution in [2.45, 2.75) is 33.3 Å². The number of hydrogen-bond donors (Lipinski definition) is 0. The first-order valence-corrected chi connectivity index (χ1v) is 9.53. The molecule has 1 saturated carbocycles. The van der Waals surface area contributed by atoms with Crippen LogP contribution in [0.25, 0.3) is 6.08 Å². The van der Waals surface area contributed by atoms with Crippen molar-refractivity contribution in [3.05, 3.63) is 59.7 Å². The molecule has 0 bridgehead atoms. The minimum atomic E-state index is 0.221. The average molecular weight is 366 g/mol. The summed E-state index contributed by atoms with van der Waals surface area (Å²) in [6, 6.07) is 13.6. The molecule has 0 radical (unpaired) electrons. The normalized spacial score (nSPS) is 13.6. The van der Waals surface area contributed by atoms with Crippen molar-refractivity contribution >= 4 is 11.9 Å². The standard InChI is InChI=1S/C23H26O4/c1-3-25-22-13-9-18(15-23(22)26-4-2)16-27-20-7-5-6-17(14-20)8-12-21(24)19-10-11-19/h5-9,12-15,19H,3-4,10-11,16H2,1-2H3/b12-8+. The number of rotatable bonds is 10. The van der Waals surface area contributed by atoms with Gasteiger partial charge in [0.1, 0.15) is 12.4 Å². The largest absolute Gasteiger partial charge is 0.490 e. The molecule has 1 aliphatic carbocycles. The van der Waals surface area contributed by atoms with Gasteiger partial charge >= 0.3 is 0 Å². The maximum Gasteiger partial charge on any atom is 0.161 e. The summed E-state index contributed by atoms with van der Waals surface area (Å²) in [6.45, 7) is 5.51. The number of ketones is 1. The molecule has 0 amide bonds. The minimum absolute atomic E-state index is 0.221. The third-order valence-electron chi connectivity index (χ3n) is 4.29. The average Bonchev–Trinajstić information content (AvgIpc) is 3.52. The van der Waals surface area contributed by atoms with Crippen molar-refractivity contribution in [1.82, 2.24) is 0 Å². The fourth-order valence-electron chi connectivity index (χ4n) is 2.74. The van der Waals surface area contributed by atoms with Gasteiger partial charge in [-0.1, -0.05) is 24.3 Å². The summed E-state index contributed by atoms with van der Waals surface area (Å²) < 4.78 is 17.2. The zero-order chi connectivity index (χ0) is 19.1. The SMILES string of the molecule is CCOc1ccc(COc2cccc(/C=C/C(=O)C3CC3)c2)cc1OCC. The molecule has 1 fully saturated rings. The molecular formula is C23H26O4. The van der Waals surface area contributed by atoms with Gasteiger partial charge in [-0.05, 0) is 68.2 Å². The number of hydrogen-bond acceptors (Lipinski definition) is 4. The second-order valence-electron chi connectivity index (χ2n) is 6.52. The Hall–Kier alpha value is -2.75. The number of benzene rings is 2. The predicted octanol–water partition coefficient (Wildman–Crippen LogP) is 5.06. The number of allylic oxidation sites excluding steroid dienone is 1. The molecule has 0 aliphatic heterocycles. The topological polar surface area (TPSA) is 44.8 Å². The third kappa shape index (κ3) is 5.61. The quantitative estimate of drug-likeness (QED) is 0.552. The van der Waals surface area contributed by atoms with Crippen LogP contribution in [-0.4, -0.2) is 19.0 Å². The highest BCUT2D eigenvalue weighted by molar-refractivity contribution is 5.96. The second-order valence-corrected chi connectivity index (χ2v) is 6.52. The van der Waals surface area contributed by atoms with Gasteiger partial charge in [0.15, 0.2) is 17.3 Å². The molecular weight excluding hydrogens is 340 g/mol. The molecule has 4 heteroatoms. The second kappa shape index (κ2) is 9.26. The number of ether oxygens (including phenoxy) is 3. The Morgan fingerprint density at radius 3 is 2.52 bits per heavy atom. The Morgan fingerprint density at radius 1 is 1.00 bits per heavy atom. The van der Waals surface area contributed by atoms with Gasteiger partial charge in [0, 0.05) is 5.92 Å². The van der Waals surface area contributed by atoms with Crippen LogP contribution in [0, 0.1) is 5.92 Å². The molecule has 0 saturated heterocycles. The summed E-state index contributed by atoms with van der Waals surface area (Å²) in [4.78, 5) is 11.8. The molecule has 1 aliphatic rings. The van der Waals surface area contributed by atoms with E-state index in [1.165, 1.54) is 0 Å². The molecule has 4 nitrogen and oxygen atoms in total. The molecule has 0 unspecified atom stereocenters. The van der Waals surface area contributed by atoms with Gasteiger partial charge in [-0.15, -0.1) is 0 Å². The first-order valence-electron chi connectivity index (χ1n) is 9.53. The van der Waals surface area contributed by atoms with Gasteiger partial charge in [-0.3, -0.25) is 4.79 Å². The zero-order valence-corrected chi connectivity index (χ0v) is 15.9. The van der Waals surface area contributed by atoms with Crippen LogP contribution in [0.2, 0.25) is 0 Å². The van der Waals surface area contributed by atoms with Crippen LogP contribution in [0.4, 0.5) is 0 Å². The highest BCUT2D eigenvalue weighted by Crippen LogP contribution is 2.31. The smallest absolute Gasteiger partial charge is 0.161 e. The van der Waals surface area contributed by atoms with Crippen molar-refractivity contribution in [1.29, 1.82) is 0 Å². The summed E-state index contributed by atoms with van der Waals surface area (Å²) in [7, 11) is 0. The van der Waals surface area contributed by atoms with E-state index >= 15 is 0 Å². The van der Waals surface area contributed by atoms with E-state index in [1.807, 2.05) is 62.4 Å². The van der Waals surface area contributed by atoms with Gasteiger partial charge in [-0.2, -0.15) is 0 Å². The maximum absolute atomic E-state index is 11.8. The Morgan fingerprint density at radius 2 is 1.78 bits per heavy atom. The summed E-state index contributed by atoms with van der Waals surface area (Å²) in [5.41, 5.74) is 1.97. The van der Waals surface area contributed by atoms with E-state index in [1.54, 1.807) is 6.08 Å². The molecule has 142 valence electrons. The van der Waals surface area contributed by atoms with Crippen LogP contribution in [0.15, 0.2) is 48.5 Å². The van der Waals surface area contributed by atoms with Gasteiger partial charge in [0.2, 0.25) is 0 Å². The van der Waals surface area contributed by atoms with E-state index in [-0.39, 0.29) is 11.7 Å². The molecule has 3 rings (SSSR count). The van der Waals surface area contributed by atoms with Gasteiger partial charge < -0.3 is 14.2 Å². The molecule has 0 spiro atoms. The fourth-order valence-corrected chi connectivity index (χ4v) is 2.74. The Balaban J connectivity index is 1.63. The monoisotopic (exact) mass is 366 g/mol. The Kier molecular flexibility index (Phi) is 6.53. The fraction of sp³-hybridized carbons (Fsp3) is 0.348. The van der Waals surface area contributed by atoms with Crippen LogP contribution in [0.3, 0.4) is 0 Å². The zero-order valence-electron chi connectivity index (χ0n) is 15.9. The summed E-state index contributed by atoms with van der Waals surface area (Å²) >= 11 is 0. The van der Waals surface area contributed by atoms with Crippen molar-refractivity contribution in [2.75, 3.05) is 13.2 Å². The Bertz CT molecular complexity index is 806. The van der Waals surface area contributed by atoms with E-state index in [2.05, 4.69) is 0 Å². The lowest BCUT2D eigenvalue weighted by molar-refractivity contribution is -0.115. The molecule has 0 aromatic heterocycles. The molecule has 2 aromatic rings. The first kappa shape index (κ1) is 19.0. The first-order chi connectivity index (χ1) is 13.2. The van der Waals surface area contributed by atoms with Crippen LogP contribution in [0.5, 0.6) is 17.2 Å². The third-order valence-corrected chi connectivity index (χ3v) is 4.29. The van der Waals surface area contributed by atoms with E-state index < -0.39 is 0 Å². The van der Waals surface area contributed by atoms with E-state index in [0.717, 1.165) is 41.2 Å². The van der Waals surface area contributed by atoms with Gasteiger partial charge in [0.05, 0.1) is 13.2 Å². The summed E-state index contributed by atoms with van der Waals surface area (Å²) in [5.74, 6) is 2.72. The molecule has 0 N–H and O–H groups in total. The van der Waals surface area contributed by atoms with E-state index in [0.29, 0.717) is 19.8 Å². The lowest BCUT2D eigenvalue weighted by Crippen LogP contribution is -2.01. The van der Waals surface area contributed by atoms with Crippen molar-refractivity contribution in [3.8, 4) is 17.2 Å². The predicted molar refractivity (Wildman–Crippen MR) is 106 cm³/mol.